The quantitative estimate of drug-likeness (QED) is 0.493. The number of nitrogens with zero attached hydrogens (tertiary/aromatic N) is 2. The van der Waals surface area contributed by atoms with Gasteiger partial charge in [0.15, 0.2) is 11.6 Å². The first-order valence-electron chi connectivity index (χ1n) is 9.13. The number of nitrogens with one attached hydrogen (secondary N) is 2. The van der Waals surface area contributed by atoms with Gasteiger partial charge in [0, 0.05) is 17.1 Å². The summed E-state index contributed by atoms with van der Waals surface area (Å²) >= 11 is 1.27. The van der Waals surface area contributed by atoms with Crippen LogP contribution in [0.4, 0.5) is 14.6 Å². The van der Waals surface area contributed by atoms with Crippen molar-refractivity contribution in [2.24, 2.45) is 5.92 Å². The molecule has 7 nitrogen and oxygen atoms in total. The number of pyridine rings is 1. The Labute approximate surface area is 173 Å². The molecule has 5 rings (SSSR count). The summed E-state index contributed by atoms with van der Waals surface area (Å²) in [7, 11) is 2.89. The van der Waals surface area contributed by atoms with Gasteiger partial charge in [-0.3, -0.25) is 4.79 Å². The fourth-order valence-corrected chi connectivity index (χ4v) is 4.37. The molecule has 0 bridgehead atoms. The SMILES string of the molecule is COc1c(-c2c[nH]c3nc(NC(=O)C4CC4F)ccc23)c(OC)c2scnc2c1F. The van der Waals surface area contributed by atoms with Gasteiger partial charge in [0.2, 0.25) is 5.91 Å². The maximum Gasteiger partial charge on any atom is 0.231 e. The molecule has 2 atom stereocenters. The molecule has 10 heteroatoms. The third-order valence-corrected chi connectivity index (χ3v) is 5.98. The molecule has 30 heavy (non-hydrogen) atoms. The summed E-state index contributed by atoms with van der Waals surface area (Å²) in [4.78, 5) is 23.5. The van der Waals surface area contributed by atoms with Gasteiger partial charge in [-0.15, -0.1) is 11.3 Å². The van der Waals surface area contributed by atoms with E-state index in [2.05, 4.69) is 20.3 Å². The zero-order valence-corrected chi connectivity index (χ0v) is 16.8. The number of alkyl halides is 1. The number of aromatic amines is 1. The van der Waals surface area contributed by atoms with Crippen LogP contribution in [0.5, 0.6) is 11.5 Å². The van der Waals surface area contributed by atoms with Crippen LogP contribution in [0.15, 0.2) is 23.8 Å². The molecule has 1 aromatic carbocycles. The highest BCUT2D eigenvalue weighted by molar-refractivity contribution is 7.17. The van der Waals surface area contributed by atoms with E-state index >= 15 is 4.39 Å². The van der Waals surface area contributed by atoms with Crippen molar-refractivity contribution in [1.29, 1.82) is 0 Å². The Morgan fingerprint density at radius 1 is 1.30 bits per heavy atom. The molecule has 2 unspecified atom stereocenters. The summed E-state index contributed by atoms with van der Waals surface area (Å²) < 4.78 is 39.7. The fourth-order valence-electron chi connectivity index (χ4n) is 3.56. The number of halogens is 2. The highest BCUT2D eigenvalue weighted by Crippen LogP contribution is 2.48. The smallest absolute Gasteiger partial charge is 0.231 e. The second kappa shape index (κ2) is 6.91. The van der Waals surface area contributed by atoms with Crippen LogP contribution in [-0.2, 0) is 4.79 Å². The van der Waals surface area contributed by atoms with E-state index in [0.29, 0.717) is 38.4 Å². The molecular formula is C20H16F2N4O3S. The molecule has 4 aromatic rings. The molecule has 2 N–H and O–H groups in total. The number of benzene rings is 1. The summed E-state index contributed by atoms with van der Waals surface area (Å²) in [5.74, 6) is -0.784. The standard InChI is InChI=1S/C20H16F2N4O3S/c1-28-16-13(17(29-2)18-15(14(16)22)24-7-30-18)10-6-23-19-8(10)3-4-12(25-19)26-20(27)9-5-11(9)21/h3-4,6-7,9,11H,5H2,1-2H3,(H2,23,25,26,27). The van der Waals surface area contributed by atoms with Crippen molar-refractivity contribution in [2.45, 2.75) is 12.6 Å². The molecule has 1 saturated carbocycles. The average molecular weight is 430 g/mol. The van der Waals surface area contributed by atoms with Gasteiger partial charge in [-0.05, 0) is 18.6 Å². The predicted molar refractivity (Wildman–Crippen MR) is 109 cm³/mol. The van der Waals surface area contributed by atoms with Crippen molar-refractivity contribution >= 4 is 44.3 Å². The number of amides is 1. The van der Waals surface area contributed by atoms with Gasteiger partial charge in [-0.1, -0.05) is 0 Å². The minimum atomic E-state index is -1.08. The number of hydrogen-bond acceptors (Lipinski definition) is 6. The van der Waals surface area contributed by atoms with Crippen molar-refractivity contribution in [3.05, 3.63) is 29.7 Å². The van der Waals surface area contributed by atoms with Crippen molar-refractivity contribution < 1.29 is 23.0 Å². The minimum absolute atomic E-state index is 0.0197. The van der Waals surface area contributed by atoms with Crippen molar-refractivity contribution in [1.82, 2.24) is 15.0 Å². The van der Waals surface area contributed by atoms with Crippen LogP contribution in [0.3, 0.4) is 0 Å². The number of carbonyl (C=O) groups is 1. The third kappa shape index (κ3) is 2.78. The van der Waals surface area contributed by atoms with Crippen LogP contribution in [0, 0.1) is 11.7 Å². The van der Waals surface area contributed by atoms with E-state index in [9.17, 15) is 9.18 Å². The van der Waals surface area contributed by atoms with Gasteiger partial charge in [-0.25, -0.2) is 18.7 Å². The van der Waals surface area contributed by atoms with Crippen molar-refractivity contribution in [2.75, 3.05) is 19.5 Å². The lowest BCUT2D eigenvalue weighted by atomic mass is 10.0. The second-order valence-electron chi connectivity index (χ2n) is 6.93. The molecular weight excluding hydrogens is 414 g/mol. The maximum absolute atomic E-state index is 15.1. The lowest BCUT2D eigenvalue weighted by Gasteiger charge is -2.14. The number of H-pyrrole nitrogens is 1. The third-order valence-electron chi connectivity index (χ3n) is 5.15. The molecule has 3 heterocycles. The summed E-state index contributed by atoms with van der Waals surface area (Å²) in [5, 5.41) is 3.31. The lowest BCUT2D eigenvalue weighted by Crippen LogP contribution is -2.15. The lowest BCUT2D eigenvalue weighted by molar-refractivity contribution is -0.117. The number of rotatable bonds is 5. The Kier molecular flexibility index (Phi) is 4.31. The van der Waals surface area contributed by atoms with Crippen LogP contribution < -0.4 is 14.8 Å². The highest BCUT2D eigenvalue weighted by atomic mass is 32.1. The van der Waals surface area contributed by atoms with Gasteiger partial charge in [0.05, 0.1) is 31.2 Å². The molecule has 1 aliphatic carbocycles. The molecule has 0 saturated heterocycles. The Bertz CT molecular complexity index is 1300. The Morgan fingerprint density at radius 2 is 2.07 bits per heavy atom. The van der Waals surface area contributed by atoms with E-state index in [4.69, 9.17) is 9.47 Å². The van der Waals surface area contributed by atoms with Gasteiger partial charge in [0.1, 0.15) is 33.6 Å². The van der Waals surface area contributed by atoms with Gasteiger partial charge >= 0.3 is 0 Å². The Balaban J connectivity index is 1.63. The average Bonchev–Trinajstić information content (AvgIpc) is 3.13. The van der Waals surface area contributed by atoms with Crippen LogP contribution >= 0.6 is 11.3 Å². The first kappa shape index (κ1) is 18.7. The number of anilines is 1. The first-order chi connectivity index (χ1) is 14.5. The van der Waals surface area contributed by atoms with Crippen LogP contribution in [-0.4, -0.2) is 41.3 Å². The molecule has 0 radical (unpaired) electrons. The topological polar surface area (TPSA) is 89.1 Å². The van der Waals surface area contributed by atoms with Crippen LogP contribution in [0.2, 0.25) is 0 Å². The van der Waals surface area contributed by atoms with E-state index in [1.807, 2.05) is 0 Å². The molecule has 1 fully saturated rings. The predicted octanol–water partition coefficient (Wildman–Crippen LogP) is 4.29. The van der Waals surface area contributed by atoms with Crippen LogP contribution in [0.1, 0.15) is 6.42 Å². The van der Waals surface area contributed by atoms with E-state index in [-0.39, 0.29) is 23.6 Å². The summed E-state index contributed by atoms with van der Waals surface area (Å²) in [6.07, 6.45) is 0.836. The fraction of sp³-hybridized carbons (Fsp3) is 0.250. The summed E-state index contributed by atoms with van der Waals surface area (Å²) in [6, 6.07) is 3.37. The zero-order valence-electron chi connectivity index (χ0n) is 16.0. The maximum atomic E-state index is 15.1. The molecule has 1 aliphatic rings. The summed E-state index contributed by atoms with van der Waals surface area (Å²) in [5.41, 5.74) is 3.28. The Hall–Kier alpha value is -3.27. The number of ether oxygens (including phenoxy) is 2. The first-order valence-corrected chi connectivity index (χ1v) is 10.0. The van der Waals surface area contributed by atoms with Crippen molar-refractivity contribution in [3.8, 4) is 22.6 Å². The van der Waals surface area contributed by atoms with Crippen molar-refractivity contribution in [3.63, 3.8) is 0 Å². The highest BCUT2D eigenvalue weighted by Gasteiger charge is 2.43. The van der Waals surface area contributed by atoms with Gasteiger partial charge in [0.25, 0.3) is 0 Å². The zero-order chi connectivity index (χ0) is 21.0. The molecule has 0 aliphatic heterocycles. The normalized spacial score (nSPS) is 18.0. The number of methoxy groups -OCH3 is 2. The van der Waals surface area contributed by atoms with Crippen LogP contribution in [0.25, 0.3) is 32.4 Å². The van der Waals surface area contributed by atoms with E-state index in [0.717, 1.165) is 0 Å². The second-order valence-corrected chi connectivity index (χ2v) is 7.78. The Morgan fingerprint density at radius 3 is 2.77 bits per heavy atom. The number of fused-ring (bicyclic) bond motifs is 2. The number of aromatic nitrogens is 3. The minimum Gasteiger partial charge on any atom is -0.494 e. The number of carbonyl (C=O) groups excluding carboxylic acids is 1. The monoisotopic (exact) mass is 430 g/mol. The molecule has 1 amide bonds. The molecule has 3 aromatic heterocycles. The van der Waals surface area contributed by atoms with Gasteiger partial charge < -0.3 is 19.8 Å². The van der Waals surface area contributed by atoms with E-state index in [1.165, 1.54) is 25.6 Å². The molecule has 0 spiro atoms. The van der Waals surface area contributed by atoms with E-state index < -0.39 is 17.9 Å². The largest absolute Gasteiger partial charge is 0.494 e. The van der Waals surface area contributed by atoms with Gasteiger partial charge in [-0.2, -0.15) is 0 Å². The van der Waals surface area contributed by atoms with E-state index in [1.54, 1.807) is 23.8 Å². The molecule has 154 valence electrons. The number of thiazole rings is 1. The number of hydrogen-bond donors (Lipinski definition) is 2. The summed E-state index contributed by atoms with van der Waals surface area (Å²) in [6.45, 7) is 0.